The highest BCUT2D eigenvalue weighted by atomic mass is 79.9. The van der Waals surface area contributed by atoms with E-state index in [4.69, 9.17) is 4.74 Å². The molecule has 0 bridgehead atoms. The number of anilines is 1. The summed E-state index contributed by atoms with van der Waals surface area (Å²) < 4.78 is 33.9. The maximum atomic E-state index is 12.5. The number of pyridine rings is 1. The molecule has 3 rings (SSSR count). The van der Waals surface area contributed by atoms with Crippen molar-refractivity contribution in [2.24, 2.45) is 0 Å². The first kappa shape index (κ1) is 17.4. The first-order chi connectivity index (χ1) is 12.0. The molecule has 7 heteroatoms. The summed E-state index contributed by atoms with van der Waals surface area (Å²) in [6.45, 7) is 0.379. The van der Waals surface area contributed by atoms with Gasteiger partial charge in [0.05, 0.1) is 10.6 Å². The molecule has 2 aromatic carbocycles. The molecule has 3 aromatic rings. The van der Waals surface area contributed by atoms with Gasteiger partial charge in [-0.05, 0) is 48.0 Å². The summed E-state index contributed by atoms with van der Waals surface area (Å²) in [4.78, 5) is 4.14. The van der Waals surface area contributed by atoms with E-state index in [0.717, 1.165) is 5.56 Å². The molecule has 0 saturated carbocycles. The normalized spacial score (nSPS) is 11.1. The Morgan fingerprint density at radius 1 is 1.00 bits per heavy atom. The number of hydrogen-bond acceptors (Lipinski definition) is 4. The average Bonchev–Trinajstić information content (AvgIpc) is 2.61. The lowest BCUT2D eigenvalue weighted by Gasteiger charge is -2.11. The van der Waals surface area contributed by atoms with Gasteiger partial charge in [-0.1, -0.05) is 28.1 Å². The fourth-order valence-corrected chi connectivity index (χ4v) is 3.79. The Balaban J connectivity index is 1.73. The molecule has 0 aliphatic carbocycles. The van der Waals surface area contributed by atoms with Crippen molar-refractivity contribution in [3.05, 3.63) is 83.1 Å². The number of sulfonamides is 1. The number of ether oxygens (including phenoxy) is 1. The Labute approximate surface area is 154 Å². The largest absolute Gasteiger partial charge is 0.489 e. The minimum absolute atomic E-state index is 0.185. The van der Waals surface area contributed by atoms with Gasteiger partial charge in [-0.2, -0.15) is 0 Å². The topological polar surface area (TPSA) is 68.3 Å². The van der Waals surface area contributed by atoms with Crippen LogP contribution in [0, 0.1) is 0 Å². The van der Waals surface area contributed by atoms with Gasteiger partial charge < -0.3 is 4.74 Å². The van der Waals surface area contributed by atoms with Gasteiger partial charge in [0.25, 0.3) is 10.0 Å². The van der Waals surface area contributed by atoms with Gasteiger partial charge in [-0.25, -0.2) is 8.42 Å². The van der Waals surface area contributed by atoms with Gasteiger partial charge in [0.15, 0.2) is 0 Å². The Morgan fingerprint density at radius 2 is 1.76 bits per heavy atom. The highest BCUT2D eigenvalue weighted by Gasteiger charge is 2.14. The number of halogens is 1. The lowest BCUT2D eigenvalue weighted by Crippen LogP contribution is -2.12. The van der Waals surface area contributed by atoms with E-state index in [1.165, 1.54) is 6.07 Å². The molecule has 1 N–H and O–H groups in total. The Bertz CT molecular complexity index is 963. The lowest BCUT2D eigenvalue weighted by molar-refractivity contribution is 0.306. The molecule has 0 saturated heterocycles. The fourth-order valence-electron chi connectivity index (χ4n) is 2.14. The van der Waals surface area contributed by atoms with E-state index in [0.29, 0.717) is 22.5 Å². The quantitative estimate of drug-likeness (QED) is 0.650. The number of hydrogen-bond donors (Lipinski definition) is 1. The summed E-state index contributed by atoms with van der Waals surface area (Å²) in [6, 6.07) is 17.1. The first-order valence-electron chi connectivity index (χ1n) is 7.43. The molecule has 0 aliphatic rings. The van der Waals surface area contributed by atoms with Gasteiger partial charge in [0.1, 0.15) is 12.4 Å². The van der Waals surface area contributed by atoms with Crippen molar-refractivity contribution in [3.63, 3.8) is 0 Å². The van der Waals surface area contributed by atoms with Crippen LogP contribution in [-0.2, 0) is 16.6 Å². The van der Waals surface area contributed by atoms with Crippen LogP contribution in [0.5, 0.6) is 5.75 Å². The monoisotopic (exact) mass is 418 g/mol. The molecule has 5 nitrogen and oxygen atoms in total. The Kier molecular flexibility index (Phi) is 5.35. The van der Waals surface area contributed by atoms with Crippen molar-refractivity contribution < 1.29 is 13.2 Å². The number of nitrogens with one attached hydrogen (secondary N) is 1. The zero-order chi connectivity index (χ0) is 17.7. The Hall–Kier alpha value is -2.38. The van der Waals surface area contributed by atoms with Crippen molar-refractivity contribution >= 4 is 31.6 Å². The molecule has 0 amide bonds. The van der Waals surface area contributed by atoms with E-state index in [1.54, 1.807) is 54.9 Å². The van der Waals surface area contributed by atoms with Crippen LogP contribution in [0.15, 0.2) is 82.4 Å². The van der Waals surface area contributed by atoms with Crippen LogP contribution in [0.3, 0.4) is 0 Å². The van der Waals surface area contributed by atoms with Gasteiger partial charge in [0.2, 0.25) is 0 Å². The van der Waals surface area contributed by atoms with Crippen molar-refractivity contribution in [2.45, 2.75) is 11.5 Å². The summed E-state index contributed by atoms with van der Waals surface area (Å²) >= 11 is 3.28. The molecule has 0 spiro atoms. The zero-order valence-electron chi connectivity index (χ0n) is 13.1. The highest BCUT2D eigenvalue weighted by molar-refractivity contribution is 9.10. The van der Waals surface area contributed by atoms with E-state index in [-0.39, 0.29) is 4.90 Å². The predicted molar refractivity (Wildman–Crippen MR) is 100.0 cm³/mol. The van der Waals surface area contributed by atoms with Crippen molar-refractivity contribution in [1.82, 2.24) is 4.98 Å². The van der Waals surface area contributed by atoms with Crippen molar-refractivity contribution in [1.29, 1.82) is 0 Å². The van der Waals surface area contributed by atoms with Crippen LogP contribution in [0.1, 0.15) is 5.56 Å². The van der Waals surface area contributed by atoms with Crippen LogP contribution in [0.2, 0.25) is 0 Å². The summed E-state index contributed by atoms with van der Waals surface area (Å²) in [5.41, 5.74) is 1.42. The van der Waals surface area contributed by atoms with E-state index < -0.39 is 10.0 Å². The number of benzene rings is 2. The molecule has 1 aromatic heterocycles. The smallest absolute Gasteiger partial charge is 0.261 e. The lowest BCUT2D eigenvalue weighted by atomic mass is 10.3. The van der Waals surface area contributed by atoms with Crippen LogP contribution in [0.25, 0.3) is 0 Å². The van der Waals surface area contributed by atoms with Gasteiger partial charge in [-0.15, -0.1) is 0 Å². The third-order valence-electron chi connectivity index (χ3n) is 3.35. The van der Waals surface area contributed by atoms with E-state index in [9.17, 15) is 8.42 Å². The number of aromatic nitrogens is 1. The van der Waals surface area contributed by atoms with Gasteiger partial charge in [-0.3, -0.25) is 9.71 Å². The summed E-state index contributed by atoms with van der Waals surface area (Å²) in [6.07, 6.45) is 3.39. The molecule has 0 atom stereocenters. The maximum Gasteiger partial charge on any atom is 0.261 e. The van der Waals surface area contributed by atoms with Crippen LogP contribution >= 0.6 is 15.9 Å². The van der Waals surface area contributed by atoms with E-state index in [2.05, 4.69) is 25.6 Å². The van der Waals surface area contributed by atoms with Crippen LogP contribution in [-0.4, -0.2) is 13.4 Å². The van der Waals surface area contributed by atoms with Gasteiger partial charge in [0, 0.05) is 22.9 Å². The maximum absolute atomic E-state index is 12.5. The summed E-state index contributed by atoms with van der Waals surface area (Å²) in [5, 5.41) is 0. The minimum atomic E-state index is -3.66. The fraction of sp³-hybridized carbons (Fsp3) is 0.0556. The summed E-state index contributed by atoms with van der Waals surface area (Å²) in [7, 11) is -3.66. The molecule has 0 unspecified atom stereocenters. The number of rotatable bonds is 6. The molecule has 1 heterocycles. The van der Waals surface area contributed by atoms with E-state index >= 15 is 0 Å². The Morgan fingerprint density at radius 3 is 2.52 bits per heavy atom. The predicted octanol–water partition coefficient (Wildman–Crippen LogP) is 4.22. The SMILES string of the molecule is O=S(=O)(Nc1cccc(OCc2ccncc2)c1)c1cccc(Br)c1. The first-order valence-corrected chi connectivity index (χ1v) is 9.71. The molecule has 0 radical (unpaired) electrons. The zero-order valence-corrected chi connectivity index (χ0v) is 15.5. The third-order valence-corrected chi connectivity index (χ3v) is 5.22. The number of nitrogens with zero attached hydrogens (tertiary/aromatic N) is 1. The molecular weight excluding hydrogens is 404 g/mol. The average molecular weight is 419 g/mol. The highest BCUT2D eigenvalue weighted by Crippen LogP contribution is 2.23. The second-order valence-electron chi connectivity index (χ2n) is 5.23. The molecule has 0 fully saturated rings. The molecule has 25 heavy (non-hydrogen) atoms. The molecule has 0 aliphatic heterocycles. The van der Waals surface area contributed by atoms with Crippen molar-refractivity contribution in [2.75, 3.05) is 4.72 Å². The second kappa shape index (κ2) is 7.67. The van der Waals surface area contributed by atoms with Crippen LogP contribution < -0.4 is 9.46 Å². The molecular formula is C18H15BrN2O3S. The second-order valence-corrected chi connectivity index (χ2v) is 7.83. The van der Waals surface area contributed by atoms with Gasteiger partial charge >= 0.3 is 0 Å². The summed E-state index contributed by atoms with van der Waals surface area (Å²) in [5.74, 6) is 0.575. The van der Waals surface area contributed by atoms with Crippen LogP contribution in [0.4, 0.5) is 5.69 Å². The molecule has 128 valence electrons. The standard InChI is InChI=1S/C18H15BrN2O3S/c19-15-3-1-6-18(11-15)25(22,23)21-16-4-2-5-17(12-16)24-13-14-7-9-20-10-8-14/h1-12,21H,13H2. The third kappa shape index (κ3) is 4.80. The minimum Gasteiger partial charge on any atom is -0.489 e. The van der Waals surface area contributed by atoms with Crippen molar-refractivity contribution in [3.8, 4) is 5.75 Å². The van der Waals surface area contributed by atoms with E-state index in [1.807, 2.05) is 12.1 Å².